The van der Waals surface area contributed by atoms with Crippen LogP contribution in [0, 0.1) is 13.8 Å². The first-order chi connectivity index (χ1) is 10.1. The van der Waals surface area contributed by atoms with Crippen LogP contribution in [0.3, 0.4) is 0 Å². The Morgan fingerprint density at radius 1 is 1.19 bits per heavy atom. The molecule has 108 valence electrons. The van der Waals surface area contributed by atoms with Crippen molar-refractivity contribution in [2.75, 3.05) is 17.6 Å². The number of nitrogens with two attached hydrogens (primary N) is 1. The molecule has 0 aliphatic carbocycles. The molecule has 0 aliphatic heterocycles. The third-order valence-corrected chi connectivity index (χ3v) is 3.19. The minimum atomic E-state index is 0.586. The van der Waals surface area contributed by atoms with Gasteiger partial charge in [0.15, 0.2) is 5.82 Å². The van der Waals surface area contributed by atoms with E-state index in [0.717, 1.165) is 28.0 Å². The Labute approximate surface area is 122 Å². The summed E-state index contributed by atoms with van der Waals surface area (Å²) in [5.41, 5.74) is 9.51. The summed E-state index contributed by atoms with van der Waals surface area (Å²) in [7, 11) is 0. The number of fused-ring (bicyclic) bond motifs is 1. The Balaban J connectivity index is 1.81. The lowest BCUT2D eigenvalue weighted by molar-refractivity contribution is 0.387. The summed E-state index contributed by atoms with van der Waals surface area (Å²) in [6.45, 7) is 4.47. The van der Waals surface area contributed by atoms with Crippen molar-refractivity contribution >= 4 is 22.3 Å². The molecular weight excluding hydrogens is 266 g/mol. The summed E-state index contributed by atoms with van der Waals surface area (Å²) >= 11 is 0. The van der Waals surface area contributed by atoms with E-state index in [1.54, 1.807) is 6.92 Å². The average Bonchev–Trinajstić information content (AvgIpc) is 2.85. The summed E-state index contributed by atoms with van der Waals surface area (Å²) in [4.78, 5) is 8.70. The second-order valence-corrected chi connectivity index (χ2v) is 4.99. The minimum Gasteiger partial charge on any atom is -0.399 e. The van der Waals surface area contributed by atoms with Crippen molar-refractivity contribution in [2.45, 2.75) is 20.3 Å². The largest absolute Gasteiger partial charge is 0.399 e. The summed E-state index contributed by atoms with van der Waals surface area (Å²) < 4.78 is 4.96. The molecule has 0 aliphatic rings. The van der Waals surface area contributed by atoms with E-state index >= 15 is 0 Å². The molecule has 3 rings (SSSR count). The van der Waals surface area contributed by atoms with Crippen molar-refractivity contribution in [1.82, 2.24) is 15.1 Å². The molecule has 0 radical (unpaired) electrons. The van der Waals surface area contributed by atoms with E-state index in [-0.39, 0.29) is 0 Å². The second-order valence-electron chi connectivity index (χ2n) is 4.99. The molecule has 6 heteroatoms. The Bertz CT molecular complexity index is 781. The third kappa shape index (κ3) is 2.94. The highest BCUT2D eigenvalue weighted by Crippen LogP contribution is 2.25. The molecule has 0 unspecified atom stereocenters. The fraction of sp³-hybridized carbons (Fsp3) is 0.267. The average molecular weight is 283 g/mol. The van der Waals surface area contributed by atoms with Crippen molar-refractivity contribution in [2.24, 2.45) is 0 Å². The molecule has 0 amide bonds. The predicted octanol–water partition coefficient (Wildman–Crippen LogP) is 2.47. The highest BCUT2D eigenvalue weighted by Gasteiger charge is 2.06. The molecule has 0 saturated carbocycles. The van der Waals surface area contributed by atoms with Gasteiger partial charge in [0, 0.05) is 42.3 Å². The first-order valence-corrected chi connectivity index (χ1v) is 6.82. The number of hydrogen-bond donors (Lipinski definition) is 2. The Kier molecular flexibility index (Phi) is 3.43. The molecule has 3 aromatic rings. The van der Waals surface area contributed by atoms with E-state index in [4.69, 9.17) is 10.3 Å². The van der Waals surface area contributed by atoms with Crippen LogP contribution in [-0.4, -0.2) is 21.7 Å². The number of hydrogen-bond acceptors (Lipinski definition) is 6. The summed E-state index contributed by atoms with van der Waals surface area (Å²) in [5, 5.41) is 8.30. The van der Waals surface area contributed by atoms with E-state index in [9.17, 15) is 0 Å². The number of nitrogens with zero attached hydrogens (tertiary/aromatic N) is 3. The molecule has 2 aromatic heterocycles. The van der Waals surface area contributed by atoms with Gasteiger partial charge in [-0.25, -0.2) is 0 Å². The fourth-order valence-corrected chi connectivity index (χ4v) is 2.27. The van der Waals surface area contributed by atoms with Crippen molar-refractivity contribution in [3.8, 4) is 0 Å². The number of aryl methyl sites for hydroxylation is 2. The van der Waals surface area contributed by atoms with Crippen LogP contribution in [0.5, 0.6) is 0 Å². The predicted molar refractivity (Wildman–Crippen MR) is 82.1 cm³/mol. The lowest BCUT2D eigenvalue weighted by atomic mass is 10.1. The zero-order valence-corrected chi connectivity index (χ0v) is 12.1. The van der Waals surface area contributed by atoms with Crippen molar-refractivity contribution in [1.29, 1.82) is 0 Å². The molecule has 21 heavy (non-hydrogen) atoms. The maximum absolute atomic E-state index is 5.87. The van der Waals surface area contributed by atoms with Crippen LogP contribution >= 0.6 is 0 Å². The van der Waals surface area contributed by atoms with Crippen molar-refractivity contribution in [3.63, 3.8) is 0 Å². The van der Waals surface area contributed by atoms with E-state index in [2.05, 4.69) is 20.4 Å². The zero-order chi connectivity index (χ0) is 14.8. The molecule has 0 saturated heterocycles. The maximum Gasteiger partial charge on any atom is 0.223 e. The Morgan fingerprint density at radius 3 is 2.81 bits per heavy atom. The van der Waals surface area contributed by atoms with Crippen LogP contribution in [0.15, 0.2) is 28.8 Å². The summed E-state index contributed by atoms with van der Waals surface area (Å²) in [6.07, 6.45) is 0.697. The first-order valence-electron chi connectivity index (χ1n) is 6.82. The normalized spacial score (nSPS) is 11.0. The van der Waals surface area contributed by atoms with Gasteiger partial charge in [-0.3, -0.25) is 4.98 Å². The fourth-order valence-electron chi connectivity index (χ4n) is 2.27. The van der Waals surface area contributed by atoms with Gasteiger partial charge in [-0.1, -0.05) is 5.16 Å². The van der Waals surface area contributed by atoms with Crippen LogP contribution < -0.4 is 11.1 Å². The molecular formula is C15H17N5O. The van der Waals surface area contributed by atoms with E-state index in [0.29, 0.717) is 24.7 Å². The third-order valence-electron chi connectivity index (χ3n) is 3.19. The molecule has 0 fully saturated rings. The standard InChI is InChI=1S/C15H17N5O/c1-9-7-14(12-8-11(16)3-4-13(12)18-9)17-6-5-15-19-10(2)21-20-15/h3-4,7-8H,5-6,16H2,1-2H3,(H,17,18). The van der Waals surface area contributed by atoms with Crippen LogP contribution in [0.2, 0.25) is 0 Å². The molecule has 0 bridgehead atoms. The van der Waals surface area contributed by atoms with Gasteiger partial charge in [0.2, 0.25) is 5.89 Å². The first kappa shape index (κ1) is 13.4. The van der Waals surface area contributed by atoms with Gasteiger partial charge >= 0.3 is 0 Å². The van der Waals surface area contributed by atoms with Gasteiger partial charge in [0.05, 0.1) is 5.52 Å². The number of nitrogen functional groups attached to an aromatic ring is 1. The molecule has 6 nitrogen and oxygen atoms in total. The molecule has 3 N–H and O–H groups in total. The zero-order valence-electron chi connectivity index (χ0n) is 12.1. The van der Waals surface area contributed by atoms with E-state index in [1.807, 2.05) is 31.2 Å². The number of benzene rings is 1. The van der Waals surface area contributed by atoms with Gasteiger partial charge in [-0.05, 0) is 31.2 Å². The number of nitrogens with one attached hydrogen (secondary N) is 1. The second kappa shape index (κ2) is 5.40. The Hall–Kier alpha value is -2.63. The Morgan fingerprint density at radius 2 is 2.05 bits per heavy atom. The van der Waals surface area contributed by atoms with Crippen LogP contribution in [0.1, 0.15) is 17.4 Å². The number of rotatable bonds is 4. The monoisotopic (exact) mass is 283 g/mol. The smallest absolute Gasteiger partial charge is 0.223 e. The van der Waals surface area contributed by atoms with Crippen LogP contribution in [-0.2, 0) is 6.42 Å². The lowest BCUT2D eigenvalue weighted by Crippen LogP contribution is -2.07. The lowest BCUT2D eigenvalue weighted by Gasteiger charge is -2.10. The van der Waals surface area contributed by atoms with E-state index < -0.39 is 0 Å². The van der Waals surface area contributed by atoms with Gasteiger partial charge in [-0.2, -0.15) is 4.98 Å². The number of anilines is 2. The van der Waals surface area contributed by atoms with Gasteiger partial charge in [0.25, 0.3) is 0 Å². The summed E-state index contributed by atoms with van der Waals surface area (Å²) in [5.74, 6) is 1.29. The quantitative estimate of drug-likeness (QED) is 0.715. The highest BCUT2D eigenvalue weighted by atomic mass is 16.5. The number of aromatic nitrogens is 3. The van der Waals surface area contributed by atoms with Crippen molar-refractivity contribution < 1.29 is 4.52 Å². The van der Waals surface area contributed by atoms with Gasteiger partial charge in [0.1, 0.15) is 0 Å². The van der Waals surface area contributed by atoms with Crippen molar-refractivity contribution in [3.05, 3.63) is 41.7 Å². The van der Waals surface area contributed by atoms with Crippen LogP contribution in [0.4, 0.5) is 11.4 Å². The molecule has 2 heterocycles. The summed E-state index contributed by atoms with van der Waals surface area (Å²) in [6, 6.07) is 7.75. The molecule has 0 spiro atoms. The maximum atomic E-state index is 5.87. The highest BCUT2D eigenvalue weighted by molar-refractivity contribution is 5.93. The van der Waals surface area contributed by atoms with Gasteiger partial charge < -0.3 is 15.6 Å². The number of pyridine rings is 1. The van der Waals surface area contributed by atoms with Gasteiger partial charge in [-0.15, -0.1) is 0 Å². The van der Waals surface area contributed by atoms with E-state index in [1.165, 1.54) is 0 Å². The SMILES string of the molecule is Cc1cc(NCCc2noc(C)n2)c2cc(N)ccc2n1. The molecule has 1 aromatic carbocycles. The minimum absolute atomic E-state index is 0.586. The topological polar surface area (TPSA) is 89.9 Å². The van der Waals surface area contributed by atoms with Crippen LogP contribution in [0.25, 0.3) is 10.9 Å². The molecule has 0 atom stereocenters.